The van der Waals surface area contributed by atoms with Gasteiger partial charge in [0.2, 0.25) is 0 Å². The fourth-order valence-electron chi connectivity index (χ4n) is 1.61. The summed E-state index contributed by atoms with van der Waals surface area (Å²) in [6.45, 7) is 0. The molecule has 1 rings (SSSR count). The van der Waals surface area contributed by atoms with Gasteiger partial charge in [-0.3, -0.25) is 4.79 Å². The molecule has 4 N–H and O–H groups in total. The van der Waals surface area contributed by atoms with E-state index < -0.39 is 24.0 Å². The molecule has 1 aromatic carbocycles. The van der Waals surface area contributed by atoms with E-state index in [4.69, 9.17) is 15.9 Å². The molecule has 0 amide bonds. The van der Waals surface area contributed by atoms with Crippen LogP contribution >= 0.6 is 0 Å². The molecule has 6 heteroatoms. The standard InChI is InChI=1S/C12H16N2O4/c1-14(8-5-3-2-4-6-8)10(12(17)18)7-9(13)11(15)16/h2-6,9-10H,7,13H2,1H3,(H,15,16)(H,17,18)/t9-,10-/m0/s1. The number of anilines is 1. The van der Waals surface area contributed by atoms with Gasteiger partial charge < -0.3 is 20.8 Å². The molecule has 0 fully saturated rings. The second-order valence-corrected chi connectivity index (χ2v) is 3.98. The number of carboxylic acids is 2. The molecule has 0 aliphatic heterocycles. The number of likely N-dealkylation sites (N-methyl/N-ethyl adjacent to an activating group) is 1. The van der Waals surface area contributed by atoms with Crippen molar-refractivity contribution in [3.05, 3.63) is 30.3 Å². The second kappa shape index (κ2) is 6.02. The Morgan fingerprint density at radius 1 is 1.22 bits per heavy atom. The van der Waals surface area contributed by atoms with E-state index in [9.17, 15) is 9.59 Å². The van der Waals surface area contributed by atoms with E-state index in [1.807, 2.05) is 6.07 Å². The number of hydrogen-bond donors (Lipinski definition) is 3. The molecule has 18 heavy (non-hydrogen) atoms. The van der Waals surface area contributed by atoms with E-state index in [1.54, 1.807) is 31.3 Å². The maximum absolute atomic E-state index is 11.2. The van der Waals surface area contributed by atoms with Crippen molar-refractivity contribution >= 4 is 17.6 Å². The quantitative estimate of drug-likeness (QED) is 0.676. The number of nitrogens with two attached hydrogens (primary N) is 1. The van der Waals surface area contributed by atoms with Gasteiger partial charge in [-0.15, -0.1) is 0 Å². The Morgan fingerprint density at radius 3 is 2.22 bits per heavy atom. The number of hydrogen-bond acceptors (Lipinski definition) is 4. The van der Waals surface area contributed by atoms with E-state index in [0.29, 0.717) is 5.69 Å². The lowest BCUT2D eigenvalue weighted by atomic mass is 10.1. The van der Waals surface area contributed by atoms with Crippen LogP contribution in [0.3, 0.4) is 0 Å². The van der Waals surface area contributed by atoms with Gasteiger partial charge in [0.15, 0.2) is 0 Å². The molecule has 0 spiro atoms. The molecular weight excluding hydrogens is 236 g/mol. The molecule has 0 heterocycles. The summed E-state index contributed by atoms with van der Waals surface area (Å²) in [4.78, 5) is 23.4. The zero-order valence-electron chi connectivity index (χ0n) is 9.98. The summed E-state index contributed by atoms with van der Waals surface area (Å²) < 4.78 is 0. The van der Waals surface area contributed by atoms with Gasteiger partial charge in [-0.05, 0) is 12.1 Å². The third-order valence-electron chi connectivity index (χ3n) is 2.71. The van der Waals surface area contributed by atoms with Gasteiger partial charge in [0.05, 0.1) is 0 Å². The van der Waals surface area contributed by atoms with Crippen LogP contribution in [0.15, 0.2) is 30.3 Å². The van der Waals surface area contributed by atoms with Crippen molar-refractivity contribution in [2.45, 2.75) is 18.5 Å². The Bertz CT molecular complexity index is 421. The third-order valence-corrected chi connectivity index (χ3v) is 2.71. The Kier molecular flexibility index (Phi) is 4.67. The van der Waals surface area contributed by atoms with Crippen LogP contribution in [-0.2, 0) is 9.59 Å². The monoisotopic (exact) mass is 252 g/mol. The van der Waals surface area contributed by atoms with Crippen molar-refractivity contribution in [2.24, 2.45) is 5.73 Å². The van der Waals surface area contributed by atoms with E-state index in [-0.39, 0.29) is 6.42 Å². The Labute approximate surface area is 105 Å². The van der Waals surface area contributed by atoms with Crippen LogP contribution in [0, 0.1) is 0 Å². The molecule has 0 unspecified atom stereocenters. The first-order chi connectivity index (χ1) is 8.43. The maximum atomic E-state index is 11.2. The number of para-hydroxylation sites is 1. The summed E-state index contributed by atoms with van der Waals surface area (Å²) in [5.41, 5.74) is 6.08. The predicted molar refractivity (Wildman–Crippen MR) is 66.5 cm³/mol. The smallest absolute Gasteiger partial charge is 0.326 e. The van der Waals surface area contributed by atoms with E-state index in [2.05, 4.69) is 0 Å². The van der Waals surface area contributed by atoms with Crippen LogP contribution in [-0.4, -0.2) is 41.3 Å². The van der Waals surface area contributed by atoms with E-state index in [0.717, 1.165) is 0 Å². The van der Waals surface area contributed by atoms with Crippen LogP contribution in [0.5, 0.6) is 0 Å². The zero-order chi connectivity index (χ0) is 13.7. The number of nitrogens with zero attached hydrogens (tertiary/aromatic N) is 1. The summed E-state index contributed by atoms with van der Waals surface area (Å²) >= 11 is 0. The van der Waals surface area contributed by atoms with Crippen LogP contribution in [0.25, 0.3) is 0 Å². The number of carbonyl (C=O) groups is 2. The maximum Gasteiger partial charge on any atom is 0.326 e. The van der Waals surface area contributed by atoms with Crippen molar-refractivity contribution in [3.8, 4) is 0 Å². The van der Waals surface area contributed by atoms with Gasteiger partial charge >= 0.3 is 11.9 Å². The highest BCUT2D eigenvalue weighted by Gasteiger charge is 2.28. The Balaban J connectivity index is 2.86. The fourth-order valence-corrected chi connectivity index (χ4v) is 1.61. The molecule has 0 saturated heterocycles. The third kappa shape index (κ3) is 3.46. The minimum Gasteiger partial charge on any atom is -0.480 e. The van der Waals surface area contributed by atoms with Crippen molar-refractivity contribution in [3.63, 3.8) is 0 Å². The normalized spacial score (nSPS) is 13.7. The molecule has 0 bridgehead atoms. The molecule has 0 saturated carbocycles. The van der Waals surface area contributed by atoms with Gasteiger partial charge in [0.25, 0.3) is 0 Å². The van der Waals surface area contributed by atoms with Crippen molar-refractivity contribution in [1.29, 1.82) is 0 Å². The lowest BCUT2D eigenvalue weighted by molar-refractivity contribution is -0.140. The molecule has 0 aliphatic carbocycles. The summed E-state index contributed by atoms with van der Waals surface area (Å²) in [6, 6.07) is 6.71. The molecule has 2 atom stereocenters. The van der Waals surface area contributed by atoms with Crippen LogP contribution in [0.4, 0.5) is 5.69 Å². The molecular formula is C12H16N2O4. The largest absolute Gasteiger partial charge is 0.480 e. The van der Waals surface area contributed by atoms with Crippen LogP contribution in [0.1, 0.15) is 6.42 Å². The SMILES string of the molecule is CN(c1ccccc1)[C@@H](C[C@H](N)C(=O)O)C(=O)O. The van der Waals surface area contributed by atoms with Crippen LogP contribution < -0.4 is 10.6 Å². The molecule has 1 aromatic rings. The number of rotatable bonds is 6. The van der Waals surface area contributed by atoms with Gasteiger partial charge in [-0.25, -0.2) is 4.79 Å². The summed E-state index contributed by atoms with van der Waals surface area (Å²) in [5, 5.41) is 17.9. The molecule has 0 aliphatic rings. The first-order valence-electron chi connectivity index (χ1n) is 5.42. The van der Waals surface area contributed by atoms with Gasteiger partial charge in [-0.1, -0.05) is 18.2 Å². The van der Waals surface area contributed by atoms with Crippen molar-refractivity contribution < 1.29 is 19.8 Å². The molecule has 98 valence electrons. The molecule has 0 radical (unpaired) electrons. The lowest BCUT2D eigenvalue weighted by Gasteiger charge is -2.27. The predicted octanol–water partition coefficient (Wildman–Crippen LogP) is 0.378. The number of aliphatic carboxylic acids is 2. The molecule has 0 aromatic heterocycles. The van der Waals surface area contributed by atoms with Crippen molar-refractivity contribution in [1.82, 2.24) is 0 Å². The number of benzene rings is 1. The lowest BCUT2D eigenvalue weighted by Crippen LogP contribution is -2.45. The summed E-state index contributed by atoms with van der Waals surface area (Å²) in [6.07, 6.45) is -0.157. The van der Waals surface area contributed by atoms with E-state index >= 15 is 0 Å². The Morgan fingerprint density at radius 2 is 1.78 bits per heavy atom. The van der Waals surface area contributed by atoms with Gasteiger partial charge in [0, 0.05) is 19.2 Å². The second-order valence-electron chi connectivity index (χ2n) is 3.98. The first-order valence-corrected chi connectivity index (χ1v) is 5.42. The average Bonchev–Trinajstić information content (AvgIpc) is 2.35. The minimum atomic E-state index is -1.21. The summed E-state index contributed by atoms with van der Waals surface area (Å²) in [5.74, 6) is -2.30. The highest BCUT2D eigenvalue weighted by Crippen LogP contribution is 2.17. The fraction of sp³-hybridized carbons (Fsp3) is 0.333. The topological polar surface area (TPSA) is 104 Å². The Hall–Kier alpha value is -2.08. The van der Waals surface area contributed by atoms with Crippen molar-refractivity contribution in [2.75, 3.05) is 11.9 Å². The first kappa shape index (κ1) is 14.0. The van der Waals surface area contributed by atoms with Gasteiger partial charge in [-0.2, -0.15) is 0 Å². The summed E-state index contributed by atoms with van der Waals surface area (Å²) in [7, 11) is 1.60. The average molecular weight is 252 g/mol. The highest BCUT2D eigenvalue weighted by molar-refractivity contribution is 5.80. The van der Waals surface area contributed by atoms with E-state index in [1.165, 1.54) is 4.90 Å². The molecule has 6 nitrogen and oxygen atoms in total. The highest BCUT2D eigenvalue weighted by atomic mass is 16.4. The minimum absolute atomic E-state index is 0.157. The number of carboxylic acid groups (broad SMARTS) is 2. The van der Waals surface area contributed by atoms with Gasteiger partial charge in [0.1, 0.15) is 12.1 Å². The van der Waals surface area contributed by atoms with Crippen LogP contribution in [0.2, 0.25) is 0 Å². The zero-order valence-corrected chi connectivity index (χ0v) is 9.98.